The fourth-order valence-corrected chi connectivity index (χ4v) is 3.43. The zero-order chi connectivity index (χ0) is 18.7. The molecule has 0 spiro atoms. The lowest BCUT2D eigenvalue weighted by Crippen LogP contribution is -2.14. The van der Waals surface area contributed by atoms with Gasteiger partial charge in [0, 0.05) is 18.2 Å². The first-order valence-corrected chi connectivity index (χ1v) is 8.71. The Balaban J connectivity index is 2.07. The number of hydrogen-bond donors (Lipinski definition) is 2. The Morgan fingerprint density at radius 2 is 1.88 bits per heavy atom. The molecule has 1 heterocycles. The number of rotatable bonds is 5. The molecule has 0 bridgehead atoms. The van der Waals surface area contributed by atoms with Crippen LogP contribution in [-0.4, -0.2) is 22.6 Å². The largest absolute Gasteiger partial charge is 0.396 e. The van der Waals surface area contributed by atoms with Gasteiger partial charge in [-0.25, -0.2) is 0 Å². The van der Waals surface area contributed by atoms with Gasteiger partial charge in [-0.1, -0.05) is 54.1 Å². The van der Waals surface area contributed by atoms with E-state index in [1.54, 1.807) is 36.5 Å². The molecule has 0 aliphatic rings. The third kappa shape index (κ3) is 3.44. The van der Waals surface area contributed by atoms with Crippen molar-refractivity contribution < 1.29 is 9.90 Å². The van der Waals surface area contributed by atoms with Crippen molar-refractivity contribution in [2.75, 3.05) is 11.9 Å². The van der Waals surface area contributed by atoms with Crippen molar-refractivity contribution in [2.45, 2.75) is 6.42 Å². The van der Waals surface area contributed by atoms with Gasteiger partial charge in [0.1, 0.15) is 0 Å². The average Bonchev–Trinajstić information content (AvgIpc) is 2.62. The number of carbonyl (C=O) groups is 1. The van der Waals surface area contributed by atoms with Gasteiger partial charge in [-0.15, -0.1) is 0 Å². The number of para-hydroxylation sites is 1. The van der Waals surface area contributed by atoms with Gasteiger partial charge in [0.15, 0.2) is 0 Å². The van der Waals surface area contributed by atoms with Gasteiger partial charge in [0.05, 0.1) is 26.8 Å². The molecule has 3 rings (SSSR count). The highest BCUT2D eigenvalue weighted by molar-refractivity contribution is 6.40. The van der Waals surface area contributed by atoms with Crippen LogP contribution in [0.25, 0.3) is 17.0 Å². The van der Waals surface area contributed by atoms with Crippen LogP contribution in [0.4, 0.5) is 5.69 Å². The number of anilines is 1. The van der Waals surface area contributed by atoms with E-state index in [9.17, 15) is 9.90 Å². The molecule has 0 saturated carbocycles. The summed E-state index contributed by atoms with van der Waals surface area (Å²) in [7, 11) is 0. The molecule has 6 heteroatoms. The molecule has 0 saturated heterocycles. The summed E-state index contributed by atoms with van der Waals surface area (Å²) in [6, 6.07) is 10.4. The van der Waals surface area contributed by atoms with E-state index >= 15 is 0 Å². The fourth-order valence-electron chi connectivity index (χ4n) is 2.86. The summed E-state index contributed by atoms with van der Waals surface area (Å²) >= 11 is 12.2. The predicted octanol–water partition coefficient (Wildman–Crippen LogP) is 4.97. The number of aromatic nitrogens is 1. The van der Waals surface area contributed by atoms with E-state index in [-0.39, 0.29) is 22.2 Å². The van der Waals surface area contributed by atoms with Gasteiger partial charge in [-0.3, -0.25) is 9.78 Å². The summed E-state index contributed by atoms with van der Waals surface area (Å²) in [5, 5.41) is 13.6. The molecule has 0 aliphatic heterocycles. The molecule has 1 aromatic heterocycles. The standard InChI is InChI=1S/C20H16Cl2N2O2/c1-2-12-11-23-19-14(13(12)9-10-25)5-3-8-17(19)24-20(26)18-15(21)6-4-7-16(18)22/h2-8,11,25H,1,9-10H2,(H,24,26). The van der Waals surface area contributed by atoms with Crippen LogP contribution in [0, 0.1) is 0 Å². The zero-order valence-electron chi connectivity index (χ0n) is 13.8. The van der Waals surface area contributed by atoms with Gasteiger partial charge in [-0.05, 0) is 35.7 Å². The number of halogens is 2. The number of aliphatic hydroxyl groups excluding tert-OH is 1. The minimum Gasteiger partial charge on any atom is -0.396 e. The second-order valence-corrected chi connectivity index (χ2v) is 6.44. The first kappa shape index (κ1) is 18.4. The second-order valence-electron chi connectivity index (χ2n) is 5.62. The summed E-state index contributed by atoms with van der Waals surface area (Å²) in [4.78, 5) is 17.1. The van der Waals surface area contributed by atoms with E-state index in [0.717, 1.165) is 16.5 Å². The van der Waals surface area contributed by atoms with Gasteiger partial charge >= 0.3 is 0 Å². The van der Waals surface area contributed by atoms with Crippen molar-refractivity contribution >= 4 is 51.8 Å². The van der Waals surface area contributed by atoms with Crippen molar-refractivity contribution in [3.8, 4) is 0 Å². The van der Waals surface area contributed by atoms with Gasteiger partial charge < -0.3 is 10.4 Å². The van der Waals surface area contributed by atoms with Crippen molar-refractivity contribution in [2.24, 2.45) is 0 Å². The van der Waals surface area contributed by atoms with Crippen molar-refractivity contribution in [3.05, 3.63) is 75.9 Å². The van der Waals surface area contributed by atoms with Crippen molar-refractivity contribution in [1.82, 2.24) is 4.98 Å². The maximum atomic E-state index is 12.7. The highest BCUT2D eigenvalue weighted by atomic mass is 35.5. The van der Waals surface area contributed by atoms with Crippen LogP contribution in [0.5, 0.6) is 0 Å². The summed E-state index contributed by atoms with van der Waals surface area (Å²) in [6.45, 7) is 3.80. The summed E-state index contributed by atoms with van der Waals surface area (Å²) in [5.74, 6) is -0.411. The molecule has 3 aromatic rings. The Morgan fingerprint density at radius 1 is 1.19 bits per heavy atom. The molecule has 0 aliphatic carbocycles. The van der Waals surface area contributed by atoms with E-state index in [1.807, 2.05) is 12.1 Å². The summed E-state index contributed by atoms with van der Waals surface area (Å²) in [6.07, 6.45) is 3.85. The molecular formula is C20H16Cl2N2O2. The van der Waals surface area contributed by atoms with Crippen LogP contribution in [0.1, 0.15) is 21.5 Å². The number of carbonyl (C=O) groups excluding carboxylic acids is 1. The number of pyridine rings is 1. The summed E-state index contributed by atoms with van der Waals surface area (Å²) in [5.41, 5.74) is 3.16. The lowest BCUT2D eigenvalue weighted by Gasteiger charge is -2.13. The number of aliphatic hydroxyl groups is 1. The highest BCUT2D eigenvalue weighted by Crippen LogP contribution is 2.30. The van der Waals surface area contributed by atoms with Gasteiger partial charge in [0.25, 0.3) is 5.91 Å². The fraction of sp³-hybridized carbons (Fsp3) is 0.100. The normalized spacial score (nSPS) is 10.7. The van der Waals surface area contributed by atoms with Crippen LogP contribution in [-0.2, 0) is 6.42 Å². The maximum absolute atomic E-state index is 12.7. The Kier molecular flexibility index (Phi) is 5.57. The average molecular weight is 387 g/mol. The quantitative estimate of drug-likeness (QED) is 0.650. The molecule has 0 radical (unpaired) electrons. The molecule has 0 unspecified atom stereocenters. The second kappa shape index (κ2) is 7.87. The van der Waals surface area contributed by atoms with E-state index < -0.39 is 5.91 Å². The smallest absolute Gasteiger partial charge is 0.258 e. The predicted molar refractivity (Wildman–Crippen MR) is 107 cm³/mol. The van der Waals surface area contributed by atoms with Crippen LogP contribution in [0.2, 0.25) is 10.0 Å². The van der Waals surface area contributed by atoms with Crippen molar-refractivity contribution in [1.29, 1.82) is 0 Å². The molecule has 4 nitrogen and oxygen atoms in total. The highest BCUT2D eigenvalue weighted by Gasteiger charge is 2.17. The number of amides is 1. The Morgan fingerprint density at radius 3 is 2.54 bits per heavy atom. The minimum atomic E-state index is -0.411. The molecule has 0 atom stereocenters. The lowest BCUT2D eigenvalue weighted by molar-refractivity contribution is 0.102. The van der Waals surface area contributed by atoms with Crippen LogP contribution < -0.4 is 5.32 Å². The van der Waals surface area contributed by atoms with Crippen LogP contribution in [0.3, 0.4) is 0 Å². The van der Waals surface area contributed by atoms with Gasteiger partial charge in [0.2, 0.25) is 0 Å². The molecule has 0 fully saturated rings. The van der Waals surface area contributed by atoms with E-state index in [2.05, 4.69) is 16.9 Å². The van der Waals surface area contributed by atoms with Crippen molar-refractivity contribution in [3.63, 3.8) is 0 Å². The number of nitrogens with zero attached hydrogens (tertiary/aromatic N) is 1. The van der Waals surface area contributed by atoms with E-state index in [1.165, 1.54) is 0 Å². The van der Waals surface area contributed by atoms with Crippen LogP contribution >= 0.6 is 23.2 Å². The molecule has 132 valence electrons. The monoisotopic (exact) mass is 386 g/mol. The van der Waals surface area contributed by atoms with E-state index in [0.29, 0.717) is 17.6 Å². The van der Waals surface area contributed by atoms with E-state index in [4.69, 9.17) is 23.2 Å². The Bertz CT molecular complexity index is 982. The molecular weight excluding hydrogens is 371 g/mol. The molecule has 2 N–H and O–H groups in total. The third-order valence-electron chi connectivity index (χ3n) is 4.06. The first-order valence-electron chi connectivity index (χ1n) is 7.96. The minimum absolute atomic E-state index is 0.00573. The maximum Gasteiger partial charge on any atom is 0.258 e. The number of fused-ring (bicyclic) bond motifs is 1. The number of hydrogen-bond acceptors (Lipinski definition) is 3. The SMILES string of the molecule is C=Cc1cnc2c(NC(=O)c3c(Cl)cccc3Cl)cccc2c1CCO. The third-order valence-corrected chi connectivity index (χ3v) is 4.69. The Labute approximate surface area is 161 Å². The lowest BCUT2D eigenvalue weighted by atomic mass is 10.00. The summed E-state index contributed by atoms with van der Waals surface area (Å²) < 4.78 is 0. The molecule has 1 amide bonds. The topological polar surface area (TPSA) is 62.2 Å². The van der Waals surface area contributed by atoms with Gasteiger partial charge in [-0.2, -0.15) is 0 Å². The Hall–Kier alpha value is -2.40. The number of nitrogens with one attached hydrogen (secondary N) is 1. The molecule has 26 heavy (non-hydrogen) atoms. The van der Waals surface area contributed by atoms with Crippen LogP contribution in [0.15, 0.2) is 49.2 Å². The first-order chi connectivity index (χ1) is 12.6. The number of benzene rings is 2. The molecule has 2 aromatic carbocycles. The zero-order valence-corrected chi connectivity index (χ0v) is 15.3.